The van der Waals surface area contributed by atoms with Crippen LogP contribution in [0.1, 0.15) is 147 Å². The molecule has 39 nitrogen and oxygen atoms in total. The summed E-state index contributed by atoms with van der Waals surface area (Å²) in [6.07, 6.45) is 8.59. The van der Waals surface area contributed by atoms with Gasteiger partial charge in [0, 0.05) is 86.7 Å². The van der Waals surface area contributed by atoms with Crippen LogP contribution < -0.4 is 69.5 Å². The number of hydrogen-bond acceptors (Lipinski definition) is 23. The van der Waals surface area contributed by atoms with Crippen molar-refractivity contribution < 1.29 is 92.0 Å². The topological polar surface area (TPSA) is 562 Å². The first-order valence-electron chi connectivity index (χ1n) is 44.3. The van der Waals surface area contributed by atoms with Gasteiger partial charge < -0.3 is 114 Å². The highest BCUT2D eigenvalue weighted by Crippen LogP contribution is 2.30. The number of benzene rings is 3. The first kappa shape index (κ1) is 99.3. The number of unbranched alkanes of at least 4 members (excludes halogenated alkanes) is 1. The number of aromatic amines is 2. The van der Waals surface area contributed by atoms with Crippen molar-refractivity contribution in [1.29, 1.82) is 0 Å². The van der Waals surface area contributed by atoms with Gasteiger partial charge in [0.1, 0.15) is 96.1 Å². The first-order chi connectivity index (χ1) is 61.8. The van der Waals surface area contributed by atoms with Gasteiger partial charge in [0.25, 0.3) is 0 Å². The van der Waals surface area contributed by atoms with Crippen LogP contribution in [0.5, 0.6) is 11.5 Å². The SMILES string of the molecule is CCC(C)C(NC(=O)CNC(=O)C(CS)NC(=O)C1CCCN1C(=O)C(CCCCN)NC(=O)C1CCCN1C(=O)C1CCCN1C(=O)C(Cc1ccc(O)cc1)NC(=O)C(Cc1c[nH]cn1)NC(=O)C(Cc1c[nH]c2ccccc12)NC(=O)C(CS)NC(=O)C(Cc1ccc(O)cc1)NC(=O)C1CCCN1)C(=O)NC(C(=O)N1CCCC1C(=O)NC(C)C(=O)O)C(C)C. The average Bonchev–Trinajstić information content (AvgIpc) is 1.67. The first-order valence-corrected chi connectivity index (χ1v) is 45.6. The van der Waals surface area contributed by atoms with E-state index in [1.165, 1.54) is 63.3 Å². The van der Waals surface area contributed by atoms with Crippen LogP contribution in [0.15, 0.2) is 91.5 Å². The van der Waals surface area contributed by atoms with Gasteiger partial charge in [-0.15, -0.1) is 0 Å². The normalized spacial score (nSPS) is 19.8. The number of para-hydroxylation sites is 1. The van der Waals surface area contributed by atoms with Gasteiger partial charge in [0.2, 0.25) is 88.6 Å². The van der Waals surface area contributed by atoms with Crippen LogP contribution in [0.4, 0.5) is 0 Å². The van der Waals surface area contributed by atoms with E-state index in [0.717, 1.165) is 6.42 Å². The molecule has 19 N–H and O–H groups in total. The number of fused-ring (bicyclic) bond motifs is 1. The maximum atomic E-state index is 15.5. The fraction of sp³-hybridized carbons (Fsp3) is 0.557. The number of carboxylic acid groups (broad SMARTS) is 1. The number of phenols is 2. The summed E-state index contributed by atoms with van der Waals surface area (Å²) in [6.45, 7) is 8.72. The molecule has 0 saturated carbocycles. The molecule has 16 atom stereocenters. The number of carbonyl (C=O) groups excluding carboxylic acids is 15. The molecule has 15 amide bonds. The molecule has 5 saturated heterocycles. The number of carbonyl (C=O) groups is 16. The number of amides is 15. The van der Waals surface area contributed by atoms with Crippen LogP contribution >= 0.6 is 25.3 Å². The second-order valence-corrected chi connectivity index (χ2v) is 34.7. The van der Waals surface area contributed by atoms with Gasteiger partial charge >= 0.3 is 5.97 Å². The van der Waals surface area contributed by atoms with E-state index in [9.17, 15) is 72.9 Å². The van der Waals surface area contributed by atoms with Crippen molar-refractivity contribution in [3.05, 3.63) is 114 Å². The van der Waals surface area contributed by atoms with E-state index in [1.807, 2.05) is 18.2 Å². The van der Waals surface area contributed by atoms with Crippen molar-refractivity contribution in [3.63, 3.8) is 0 Å². The Morgan fingerprint density at radius 3 is 1.55 bits per heavy atom. The predicted molar refractivity (Wildman–Crippen MR) is 478 cm³/mol. The molecule has 0 radical (unpaired) electrons. The number of likely N-dealkylation sites (tertiary alicyclic amines) is 4. The van der Waals surface area contributed by atoms with Crippen molar-refractivity contribution in [2.75, 3.05) is 57.3 Å². The zero-order valence-corrected chi connectivity index (χ0v) is 74.9. The van der Waals surface area contributed by atoms with Gasteiger partial charge in [-0.2, -0.15) is 25.3 Å². The number of rotatable bonds is 44. The van der Waals surface area contributed by atoms with Gasteiger partial charge in [-0.1, -0.05) is 76.6 Å². The average molecular weight is 1830 g/mol. The van der Waals surface area contributed by atoms with E-state index in [2.05, 4.69) is 104 Å². The van der Waals surface area contributed by atoms with Crippen LogP contribution in [-0.2, 0) is 102 Å². The molecule has 5 aliphatic rings. The lowest BCUT2D eigenvalue weighted by molar-refractivity contribution is -0.148. The number of nitrogens with two attached hydrogens (primary N) is 1. The Balaban J connectivity index is 0.794. The van der Waals surface area contributed by atoms with Crippen LogP contribution in [-0.4, -0.2) is 292 Å². The molecule has 5 aliphatic heterocycles. The highest BCUT2D eigenvalue weighted by molar-refractivity contribution is 7.80. The summed E-state index contributed by atoms with van der Waals surface area (Å²) < 4.78 is 0. The number of thiol groups is 2. The number of carboxylic acids is 1. The summed E-state index contributed by atoms with van der Waals surface area (Å²) in [5.74, 6) is -13.6. The van der Waals surface area contributed by atoms with Crippen LogP contribution in [0, 0.1) is 11.8 Å². The molecule has 5 aromatic rings. The molecule has 2 aromatic heterocycles. The molecule has 700 valence electrons. The minimum Gasteiger partial charge on any atom is -0.508 e. The molecule has 10 rings (SSSR count). The molecular formula is C88H122N20O19S2. The van der Waals surface area contributed by atoms with Crippen LogP contribution in [0.25, 0.3) is 10.9 Å². The highest BCUT2D eigenvalue weighted by atomic mass is 32.1. The molecule has 3 aromatic carbocycles. The molecule has 16 unspecified atom stereocenters. The number of nitrogens with one attached hydrogen (secondary N) is 14. The Morgan fingerprint density at radius 1 is 0.496 bits per heavy atom. The number of imidazole rings is 1. The zero-order valence-electron chi connectivity index (χ0n) is 73.1. The number of hydrogen-bond donors (Lipinski definition) is 20. The minimum atomic E-state index is -1.54. The summed E-state index contributed by atoms with van der Waals surface area (Å²) in [6, 6.07) is 0.897. The molecule has 0 bridgehead atoms. The fourth-order valence-electron chi connectivity index (χ4n) is 17.0. The van der Waals surface area contributed by atoms with Crippen molar-refractivity contribution in [2.24, 2.45) is 17.6 Å². The Kier molecular flexibility index (Phi) is 36.5. The van der Waals surface area contributed by atoms with Gasteiger partial charge in [-0.25, -0.2) is 4.98 Å². The van der Waals surface area contributed by atoms with Crippen LogP contribution in [0.2, 0.25) is 0 Å². The Morgan fingerprint density at radius 2 is 0.992 bits per heavy atom. The van der Waals surface area contributed by atoms with Gasteiger partial charge in [0.15, 0.2) is 0 Å². The molecular weight excluding hydrogens is 1710 g/mol. The quantitative estimate of drug-likeness (QED) is 0.0165. The Labute approximate surface area is 758 Å². The van der Waals surface area contributed by atoms with E-state index >= 15 is 19.2 Å². The summed E-state index contributed by atoms with van der Waals surface area (Å²) in [7, 11) is 0. The monoisotopic (exact) mass is 1830 g/mol. The summed E-state index contributed by atoms with van der Waals surface area (Å²) in [5, 5.41) is 63.5. The molecule has 7 heterocycles. The van der Waals surface area contributed by atoms with Crippen LogP contribution in [0.3, 0.4) is 0 Å². The van der Waals surface area contributed by atoms with Gasteiger partial charge in [-0.05, 0) is 162 Å². The van der Waals surface area contributed by atoms with Crippen molar-refractivity contribution in [2.45, 2.75) is 241 Å². The van der Waals surface area contributed by atoms with E-state index in [0.29, 0.717) is 91.2 Å². The third-order valence-corrected chi connectivity index (χ3v) is 25.2. The zero-order chi connectivity index (χ0) is 93.3. The molecule has 0 spiro atoms. The second kappa shape index (κ2) is 47.5. The third-order valence-electron chi connectivity index (χ3n) is 24.4. The minimum absolute atomic E-state index is 0.0189. The predicted octanol–water partition coefficient (Wildman–Crippen LogP) is -0.952. The molecule has 129 heavy (non-hydrogen) atoms. The second-order valence-electron chi connectivity index (χ2n) is 34.0. The maximum absolute atomic E-state index is 15.5. The highest BCUT2D eigenvalue weighted by Gasteiger charge is 2.48. The number of phenolic OH excluding ortho intramolecular Hbond substituents is 2. The number of aromatic nitrogens is 3. The Bertz CT molecular complexity index is 4790. The smallest absolute Gasteiger partial charge is 0.325 e. The lowest BCUT2D eigenvalue weighted by Crippen LogP contribution is -2.61. The van der Waals surface area contributed by atoms with Crippen molar-refractivity contribution >= 4 is 131 Å². The Hall–Kier alpha value is -11.8. The summed E-state index contributed by atoms with van der Waals surface area (Å²) in [5.41, 5.74) is 8.56. The third kappa shape index (κ3) is 26.7. The standard InChI is InChI=1S/C88H122N20O19S2/c1-6-49(4)73(83(121)104-72(48(2)3)87(125)107-36-14-20-67(107)80(118)95-50(5)88(126)127)103-71(111)44-93-74(112)65(45-128)102-82(120)68-21-12-34-105(68)84(122)60(18-9-10-32-89)96-81(119)69-22-13-35-106(69)86(124)70-23-15-37-108(70)85(123)64(39-52-26-30-56(110)31-27-52)100-78(116)63(41-54-43-90-47-94-54)99-77(115)62(40-53-42-92-58-17-8-7-16-57(53)58)98-79(117)66(46-129)101-76(114)61(38-51-24-28-55(109)29-25-51)97-75(113)59-19-11-33-91-59/h7-8,16-17,24-31,42-43,47-50,59-70,72-73,91-92,109-110,128-129H,6,9-15,18-23,32-41,44-46,89H2,1-5H3,(H,90,94)(H,93,112)(H,95,118)(H,96,119)(H,97,113)(H,98,117)(H,99,115)(H,100,116)(H,101,114)(H,102,120)(H,103,111)(H,104,121)(H,126,127). The van der Waals surface area contributed by atoms with E-state index in [-0.39, 0.29) is 114 Å². The largest absolute Gasteiger partial charge is 0.508 e. The summed E-state index contributed by atoms with van der Waals surface area (Å²) in [4.78, 5) is 244. The van der Waals surface area contributed by atoms with Crippen molar-refractivity contribution in [3.8, 4) is 11.5 Å². The number of aromatic hydroxyl groups is 2. The number of H-pyrrole nitrogens is 2. The lowest BCUT2D eigenvalue weighted by atomic mass is 9.96. The lowest BCUT2D eigenvalue weighted by Gasteiger charge is -2.34. The molecule has 0 aliphatic carbocycles. The van der Waals surface area contributed by atoms with Crippen molar-refractivity contribution in [1.82, 2.24) is 98.4 Å². The summed E-state index contributed by atoms with van der Waals surface area (Å²) >= 11 is 8.80. The van der Waals surface area contributed by atoms with Gasteiger partial charge in [0.05, 0.1) is 24.6 Å². The fourth-order valence-corrected chi connectivity index (χ4v) is 17.5. The number of aliphatic carboxylic acids is 1. The molecule has 5 fully saturated rings. The number of nitrogens with zero attached hydrogens (tertiary/aromatic N) is 5. The van der Waals surface area contributed by atoms with E-state index in [4.69, 9.17) is 5.73 Å². The van der Waals surface area contributed by atoms with Gasteiger partial charge in [-0.3, -0.25) is 76.7 Å². The van der Waals surface area contributed by atoms with E-state index in [1.54, 1.807) is 64.2 Å². The maximum Gasteiger partial charge on any atom is 0.325 e. The van der Waals surface area contributed by atoms with E-state index < -0.39 is 204 Å². The molecule has 41 heteroatoms.